The average Bonchev–Trinajstić information content (AvgIpc) is 2.67. The number of amides is 1. The molecular formula is C21H20N2O3. The van der Waals surface area contributed by atoms with Crippen LogP contribution in [0.5, 0.6) is 11.5 Å². The summed E-state index contributed by atoms with van der Waals surface area (Å²) in [5.41, 5.74) is 2.72. The molecule has 0 unspecified atom stereocenters. The zero-order chi connectivity index (χ0) is 18.5. The van der Waals surface area contributed by atoms with Gasteiger partial charge < -0.3 is 14.8 Å². The Balaban J connectivity index is 1.99. The number of fused-ring (bicyclic) bond motifs is 1. The molecule has 132 valence electrons. The second kappa shape index (κ2) is 7.70. The molecule has 0 aliphatic heterocycles. The van der Waals surface area contributed by atoms with Gasteiger partial charge in [-0.15, -0.1) is 6.58 Å². The highest BCUT2D eigenvalue weighted by Gasteiger charge is 2.16. The quantitative estimate of drug-likeness (QED) is 0.677. The van der Waals surface area contributed by atoms with Gasteiger partial charge in [-0.1, -0.05) is 24.3 Å². The molecule has 1 N–H and O–H groups in total. The molecular weight excluding hydrogens is 328 g/mol. The van der Waals surface area contributed by atoms with E-state index in [1.54, 1.807) is 38.6 Å². The number of para-hydroxylation sites is 1. The summed E-state index contributed by atoms with van der Waals surface area (Å²) in [5, 5.41) is 3.90. The normalized spacial score (nSPS) is 10.4. The molecule has 0 aliphatic carbocycles. The van der Waals surface area contributed by atoms with Crippen molar-refractivity contribution in [3.8, 4) is 11.5 Å². The number of benzene rings is 2. The van der Waals surface area contributed by atoms with Crippen LogP contribution in [0, 0.1) is 0 Å². The van der Waals surface area contributed by atoms with Gasteiger partial charge in [0.25, 0.3) is 5.91 Å². The van der Waals surface area contributed by atoms with E-state index in [0.29, 0.717) is 29.2 Å². The molecule has 0 radical (unpaired) electrons. The highest BCUT2D eigenvalue weighted by atomic mass is 16.5. The lowest BCUT2D eigenvalue weighted by Crippen LogP contribution is -2.13. The summed E-state index contributed by atoms with van der Waals surface area (Å²) in [6.07, 6.45) is 4.03. The molecule has 0 saturated carbocycles. The molecule has 0 saturated heterocycles. The predicted octanol–water partition coefficient (Wildman–Crippen LogP) is 4.23. The van der Waals surface area contributed by atoms with Crippen molar-refractivity contribution in [2.24, 2.45) is 0 Å². The van der Waals surface area contributed by atoms with Crippen LogP contribution in [0.3, 0.4) is 0 Å². The molecule has 5 heteroatoms. The highest BCUT2D eigenvalue weighted by Crippen LogP contribution is 2.33. The average molecular weight is 348 g/mol. The Morgan fingerprint density at radius 2 is 2.00 bits per heavy atom. The van der Waals surface area contributed by atoms with E-state index in [9.17, 15) is 4.79 Å². The second-order valence-electron chi connectivity index (χ2n) is 5.70. The van der Waals surface area contributed by atoms with E-state index in [-0.39, 0.29) is 5.91 Å². The fourth-order valence-corrected chi connectivity index (χ4v) is 2.88. The third kappa shape index (κ3) is 3.37. The van der Waals surface area contributed by atoms with Crippen LogP contribution in [0.25, 0.3) is 10.9 Å². The maximum absolute atomic E-state index is 12.8. The number of carbonyl (C=O) groups excluding carboxylic acids is 1. The highest BCUT2D eigenvalue weighted by molar-refractivity contribution is 6.08. The van der Waals surface area contributed by atoms with Gasteiger partial charge >= 0.3 is 0 Å². The summed E-state index contributed by atoms with van der Waals surface area (Å²) in [6, 6.07) is 12.9. The number of methoxy groups -OCH3 is 2. The molecule has 1 amide bonds. The fraction of sp³-hybridized carbons (Fsp3) is 0.143. The smallest absolute Gasteiger partial charge is 0.255 e. The summed E-state index contributed by atoms with van der Waals surface area (Å²) in [7, 11) is 3.12. The zero-order valence-electron chi connectivity index (χ0n) is 14.8. The van der Waals surface area contributed by atoms with Crippen molar-refractivity contribution in [1.29, 1.82) is 0 Å². The Kier molecular flexibility index (Phi) is 5.17. The molecule has 0 aliphatic rings. The van der Waals surface area contributed by atoms with Crippen LogP contribution in [0.1, 0.15) is 15.9 Å². The first kappa shape index (κ1) is 17.5. The first-order valence-corrected chi connectivity index (χ1v) is 8.18. The molecule has 0 bridgehead atoms. The van der Waals surface area contributed by atoms with Gasteiger partial charge in [-0.3, -0.25) is 9.78 Å². The van der Waals surface area contributed by atoms with Crippen LogP contribution in [0.2, 0.25) is 0 Å². The van der Waals surface area contributed by atoms with Crippen molar-refractivity contribution < 1.29 is 14.3 Å². The largest absolute Gasteiger partial charge is 0.493 e. The number of aromatic nitrogens is 1. The molecule has 0 spiro atoms. The summed E-state index contributed by atoms with van der Waals surface area (Å²) in [6.45, 7) is 3.76. The van der Waals surface area contributed by atoms with Crippen molar-refractivity contribution in [1.82, 2.24) is 4.98 Å². The van der Waals surface area contributed by atoms with E-state index in [1.165, 1.54) is 0 Å². The lowest BCUT2D eigenvalue weighted by molar-refractivity contribution is 0.102. The number of rotatable bonds is 6. The van der Waals surface area contributed by atoms with Gasteiger partial charge in [0.15, 0.2) is 11.5 Å². The van der Waals surface area contributed by atoms with E-state index < -0.39 is 0 Å². The lowest BCUT2D eigenvalue weighted by Gasteiger charge is -2.14. The molecule has 0 atom stereocenters. The maximum atomic E-state index is 12.8. The van der Waals surface area contributed by atoms with E-state index >= 15 is 0 Å². The Morgan fingerprint density at radius 3 is 2.73 bits per heavy atom. The van der Waals surface area contributed by atoms with Crippen molar-refractivity contribution >= 4 is 22.5 Å². The molecule has 3 rings (SSSR count). The van der Waals surface area contributed by atoms with E-state index in [0.717, 1.165) is 16.5 Å². The number of ether oxygens (including phenoxy) is 2. The Morgan fingerprint density at radius 1 is 1.19 bits per heavy atom. The number of anilines is 1. The van der Waals surface area contributed by atoms with E-state index in [2.05, 4.69) is 16.9 Å². The lowest BCUT2D eigenvalue weighted by atomic mass is 10.0. The number of allylic oxidation sites excluding steroid dienone is 1. The maximum Gasteiger partial charge on any atom is 0.255 e. The summed E-state index contributed by atoms with van der Waals surface area (Å²) < 4.78 is 10.8. The van der Waals surface area contributed by atoms with Crippen LogP contribution >= 0.6 is 0 Å². The van der Waals surface area contributed by atoms with Gasteiger partial charge in [-0.25, -0.2) is 0 Å². The number of nitrogens with one attached hydrogen (secondary N) is 1. The minimum atomic E-state index is -0.241. The molecule has 5 nitrogen and oxygen atoms in total. The molecule has 26 heavy (non-hydrogen) atoms. The number of hydrogen-bond acceptors (Lipinski definition) is 4. The predicted molar refractivity (Wildman–Crippen MR) is 103 cm³/mol. The molecule has 3 aromatic rings. The minimum Gasteiger partial charge on any atom is -0.493 e. The van der Waals surface area contributed by atoms with Gasteiger partial charge in [0, 0.05) is 22.7 Å². The first-order chi connectivity index (χ1) is 12.7. The molecule has 1 heterocycles. The standard InChI is InChI=1S/C21H20N2O3/c1-4-7-15-12-16(13-18(25-2)20(15)26-3)21(24)23-17-10-5-8-14-9-6-11-22-19(14)17/h4-6,8-13H,1,7H2,2-3H3,(H,23,24). The van der Waals surface area contributed by atoms with Crippen LogP contribution in [-0.2, 0) is 6.42 Å². The Labute approximate surface area is 152 Å². The fourth-order valence-electron chi connectivity index (χ4n) is 2.88. The SMILES string of the molecule is C=CCc1cc(C(=O)Nc2cccc3cccnc23)cc(OC)c1OC. The van der Waals surface area contributed by atoms with Gasteiger partial charge in [-0.05, 0) is 30.7 Å². The van der Waals surface area contributed by atoms with Crippen molar-refractivity contribution in [2.45, 2.75) is 6.42 Å². The van der Waals surface area contributed by atoms with Crippen molar-refractivity contribution in [3.05, 3.63) is 72.4 Å². The third-order valence-corrected chi connectivity index (χ3v) is 4.06. The van der Waals surface area contributed by atoms with E-state index in [1.807, 2.05) is 30.3 Å². The summed E-state index contributed by atoms with van der Waals surface area (Å²) >= 11 is 0. The molecule has 1 aromatic heterocycles. The van der Waals surface area contributed by atoms with Gasteiger partial charge in [0.1, 0.15) is 0 Å². The Hall–Kier alpha value is -3.34. The van der Waals surface area contributed by atoms with Crippen LogP contribution in [0.15, 0.2) is 61.3 Å². The van der Waals surface area contributed by atoms with Gasteiger partial charge in [0.2, 0.25) is 0 Å². The van der Waals surface area contributed by atoms with Crippen LogP contribution < -0.4 is 14.8 Å². The Bertz CT molecular complexity index is 961. The summed E-state index contributed by atoms with van der Waals surface area (Å²) in [4.78, 5) is 17.2. The van der Waals surface area contributed by atoms with Crippen molar-refractivity contribution in [2.75, 3.05) is 19.5 Å². The van der Waals surface area contributed by atoms with Crippen molar-refractivity contribution in [3.63, 3.8) is 0 Å². The zero-order valence-corrected chi connectivity index (χ0v) is 14.8. The monoisotopic (exact) mass is 348 g/mol. The molecule has 0 fully saturated rings. The van der Waals surface area contributed by atoms with Gasteiger partial charge in [-0.2, -0.15) is 0 Å². The third-order valence-electron chi connectivity index (χ3n) is 4.06. The number of hydrogen-bond donors (Lipinski definition) is 1. The van der Waals surface area contributed by atoms with Crippen LogP contribution in [-0.4, -0.2) is 25.1 Å². The first-order valence-electron chi connectivity index (χ1n) is 8.18. The minimum absolute atomic E-state index is 0.241. The number of carbonyl (C=O) groups is 1. The number of pyridine rings is 1. The van der Waals surface area contributed by atoms with Gasteiger partial charge in [0.05, 0.1) is 25.4 Å². The molecule has 2 aromatic carbocycles. The van der Waals surface area contributed by atoms with E-state index in [4.69, 9.17) is 9.47 Å². The van der Waals surface area contributed by atoms with Crippen LogP contribution in [0.4, 0.5) is 5.69 Å². The summed E-state index contributed by atoms with van der Waals surface area (Å²) in [5.74, 6) is 0.873. The topological polar surface area (TPSA) is 60.5 Å². The second-order valence-corrected chi connectivity index (χ2v) is 5.70. The number of nitrogens with zero attached hydrogens (tertiary/aromatic N) is 1.